The summed E-state index contributed by atoms with van der Waals surface area (Å²) in [7, 11) is 0. The molecule has 9 rings (SSSR count). The normalized spacial score (nSPS) is 12.0. The Hall–Kier alpha value is -3.24. The molecule has 7 aromatic heterocycles. The average molecular weight is 621 g/mol. The third-order valence-corrected chi connectivity index (χ3v) is 14.6. The van der Waals surface area contributed by atoms with Crippen LogP contribution in [-0.4, -0.2) is 9.97 Å². The number of thiophene rings is 6. The van der Waals surface area contributed by atoms with Crippen LogP contribution >= 0.6 is 68.0 Å². The Morgan fingerprint density at radius 1 is 0.375 bits per heavy atom. The van der Waals surface area contributed by atoms with Gasteiger partial charge >= 0.3 is 0 Å². The second kappa shape index (κ2) is 9.14. The first kappa shape index (κ1) is 23.5. The van der Waals surface area contributed by atoms with Crippen LogP contribution in [0.25, 0.3) is 79.6 Å². The fraction of sp³-hybridized carbons (Fsp3) is 0. The largest absolute Gasteiger partial charge is 0.251 e. The fourth-order valence-electron chi connectivity index (χ4n) is 4.99. The zero-order valence-corrected chi connectivity index (χ0v) is 25.5. The zero-order valence-electron chi connectivity index (χ0n) is 20.6. The molecule has 0 atom stereocenters. The van der Waals surface area contributed by atoms with Crippen molar-refractivity contribution in [3.05, 3.63) is 97.3 Å². The third-order valence-electron chi connectivity index (χ3n) is 6.92. The van der Waals surface area contributed by atoms with Crippen molar-refractivity contribution in [2.24, 2.45) is 0 Å². The molecule has 0 amide bonds. The van der Waals surface area contributed by atoms with Crippen molar-refractivity contribution in [3.63, 3.8) is 0 Å². The van der Waals surface area contributed by atoms with Crippen molar-refractivity contribution in [1.29, 1.82) is 0 Å². The summed E-state index contributed by atoms with van der Waals surface area (Å²) in [5.74, 6) is 0. The van der Waals surface area contributed by atoms with Gasteiger partial charge in [0, 0.05) is 28.6 Å². The summed E-state index contributed by atoms with van der Waals surface area (Å²) in [5.41, 5.74) is 4.45. The van der Waals surface area contributed by atoms with Crippen molar-refractivity contribution >= 4 is 106 Å². The Balaban J connectivity index is 1.03. The summed E-state index contributed by atoms with van der Waals surface area (Å²) >= 11 is 11.2. The highest BCUT2D eigenvalue weighted by molar-refractivity contribution is 7.41. The van der Waals surface area contributed by atoms with E-state index in [0.717, 1.165) is 11.4 Å². The van der Waals surface area contributed by atoms with Crippen molar-refractivity contribution in [3.8, 4) is 42.0 Å². The molecule has 0 aliphatic rings. The first-order valence-electron chi connectivity index (χ1n) is 12.6. The molecule has 40 heavy (non-hydrogen) atoms. The summed E-state index contributed by atoms with van der Waals surface area (Å²) in [6, 6.07) is 30.5. The van der Waals surface area contributed by atoms with Gasteiger partial charge in [-0.25, -0.2) is 0 Å². The molecule has 0 spiro atoms. The monoisotopic (exact) mass is 620 g/mol. The molecular weight excluding hydrogens is 605 g/mol. The summed E-state index contributed by atoms with van der Waals surface area (Å²) < 4.78 is 10.9. The van der Waals surface area contributed by atoms with Crippen molar-refractivity contribution < 1.29 is 0 Å². The minimum Gasteiger partial charge on any atom is -0.251 e. The average Bonchev–Trinajstić information content (AvgIpc) is 3.82. The fourth-order valence-corrected chi connectivity index (χ4v) is 13.0. The van der Waals surface area contributed by atoms with Gasteiger partial charge in [0.15, 0.2) is 0 Å². The van der Waals surface area contributed by atoms with E-state index in [0.29, 0.717) is 0 Å². The van der Waals surface area contributed by atoms with Crippen LogP contribution in [0.1, 0.15) is 0 Å². The molecule has 7 heterocycles. The quantitative estimate of drug-likeness (QED) is 0.196. The molecule has 0 aliphatic heterocycles. The van der Waals surface area contributed by atoms with E-state index in [4.69, 9.17) is 9.97 Å². The lowest BCUT2D eigenvalue weighted by Gasteiger charge is -1.98. The molecule has 9 aromatic rings. The maximum atomic E-state index is 4.86. The van der Waals surface area contributed by atoms with Crippen LogP contribution in [0.2, 0.25) is 0 Å². The highest BCUT2D eigenvalue weighted by Gasteiger charge is 2.17. The maximum absolute atomic E-state index is 4.86. The van der Waals surface area contributed by atoms with E-state index in [-0.39, 0.29) is 0 Å². The third kappa shape index (κ3) is 3.75. The number of hydrogen-bond donors (Lipinski definition) is 0. The number of aromatic nitrogens is 2. The van der Waals surface area contributed by atoms with E-state index in [1.165, 1.54) is 68.2 Å². The van der Waals surface area contributed by atoms with E-state index in [1.807, 2.05) is 80.4 Å². The molecule has 8 heteroatoms. The Kier molecular flexibility index (Phi) is 5.36. The van der Waals surface area contributed by atoms with E-state index in [2.05, 4.69) is 84.9 Å². The Labute approximate surface area is 253 Å². The first-order valence-corrected chi connectivity index (χ1v) is 17.5. The van der Waals surface area contributed by atoms with Gasteiger partial charge in [0.05, 0.1) is 52.3 Å². The van der Waals surface area contributed by atoms with E-state index in [1.54, 1.807) is 0 Å². The van der Waals surface area contributed by atoms with Gasteiger partial charge in [-0.2, -0.15) is 0 Å². The standard InChI is InChI=1S/C32H16N2S6/c1-3-7-17(8-4-1)21-11-25-29(37-21)31-27(35-25)13-23(39-31)19-15-34-20(16-33-19)24-14-28-32(40-24)30-26(36-28)12-22(38-30)18-9-5-2-6-10-18/h1-16H. The van der Waals surface area contributed by atoms with Gasteiger partial charge in [-0.3, -0.25) is 9.97 Å². The highest BCUT2D eigenvalue weighted by Crippen LogP contribution is 2.49. The van der Waals surface area contributed by atoms with Gasteiger partial charge in [0.1, 0.15) is 0 Å². The Bertz CT molecular complexity index is 2140. The molecular formula is C32H16N2S6. The van der Waals surface area contributed by atoms with E-state index >= 15 is 0 Å². The van der Waals surface area contributed by atoms with Crippen LogP contribution < -0.4 is 0 Å². The molecule has 190 valence electrons. The van der Waals surface area contributed by atoms with Crippen molar-refractivity contribution in [2.75, 3.05) is 0 Å². The predicted molar refractivity (Wildman–Crippen MR) is 181 cm³/mol. The van der Waals surface area contributed by atoms with Crippen molar-refractivity contribution in [1.82, 2.24) is 9.97 Å². The molecule has 0 N–H and O–H groups in total. The molecule has 0 radical (unpaired) electrons. The van der Waals surface area contributed by atoms with Gasteiger partial charge < -0.3 is 0 Å². The SMILES string of the molecule is c1ccc(-c2cc3sc4cc(-c5cnc(-c6cc7sc8cc(-c9ccccc9)sc8c7s6)cn5)sc4c3s2)cc1. The van der Waals surface area contributed by atoms with Gasteiger partial charge in [0.2, 0.25) is 0 Å². The Morgan fingerprint density at radius 2 is 0.725 bits per heavy atom. The number of nitrogens with zero attached hydrogens (tertiary/aromatic N) is 2. The van der Waals surface area contributed by atoms with E-state index in [9.17, 15) is 0 Å². The molecule has 0 fully saturated rings. The number of rotatable bonds is 4. The number of fused-ring (bicyclic) bond motifs is 6. The van der Waals surface area contributed by atoms with E-state index < -0.39 is 0 Å². The molecule has 0 bridgehead atoms. The van der Waals surface area contributed by atoms with Crippen LogP contribution in [0.15, 0.2) is 97.3 Å². The number of benzene rings is 2. The summed E-state index contributed by atoms with van der Waals surface area (Å²) in [6.07, 6.45) is 3.88. The minimum atomic E-state index is 0.941. The molecule has 0 unspecified atom stereocenters. The second-order valence-electron chi connectivity index (χ2n) is 9.44. The smallest absolute Gasteiger partial charge is 0.0986 e. The molecule has 0 saturated carbocycles. The summed E-state index contributed by atoms with van der Waals surface area (Å²) in [6.45, 7) is 0. The molecule has 0 saturated heterocycles. The van der Waals surface area contributed by atoms with Crippen LogP contribution in [-0.2, 0) is 0 Å². The van der Waals surface area contributed by atoms with Gasteiger partial charge in [0.25, 0.3) is 0 Å². The van der Waals surface area contributed by atoms with Crippen LogP contribution in [0.5, 0.6) is 0 Å². The second-order valence-corrected chi connectivity index (χ2v) is 15.8. The van der Waals surface area contributed by atoms with Gasteiger partial charge in [-0.15, -0.1) is 68.0 Å². The maximum Gasteiger partial charge on any atom is 0.0986 e. The lowest BCUT2D eigenvalue weighted by molar-refractivity contribution is 1.22. The zero-order chi connectivity index (χ0) is 26.2. The van der Waals surface area contributed by atoms with Crippen LogP contribution in [0.4, 0.5) is 0 Å². The van der Waals surface area contributed by atoms with Crippen LogP contribution in [0.3, 0.4) is 0 Å². The lowest BCUT2D eigenvalue weighted by atomic mass is 10.2. The molecule has 0 aliphatic carbocycles. The summed E-state index contributed by atoms with van der Waals surface area (Å²) in [4.78, 5) is 14.7. The Morgan fingerprint density at radius 3 is 1.10 bits per heavy atom. The van der Waals surface area contributed by atoms with Crippen molar-refractivity contribution in [2.45, 2.75) is 0 Å². The lowest BCUT2D eigenvalue weighted by Crippen LogP contribution is -1.85. The van der Waals surface area contributed by atoms with Gasteiger partial charge in [-0.05, 0) is 35.4 Å². The number of hydrogen-bond acceptors (Lipinski definition) is 8. The van der Waals surface area contributed by atoms with Gasteiger partial charge in [-0.1, -0.05) is 60.7 Å². The topological polar surface area (TPSA) is 25.8 Å². The highest BCUT2D eigenvalue weighted by atomic mass is 32.1. The molecule has 2 nitrogen and oxygen atoms in total. The van der Waals surface area contributed by atoms with Crippen LogP contribution in [0, 0.1) is 0 Å². The first-order chi connectivity index (χ1) is 19.8. The minimum absolute atomic E-state index is 0.941. The molecule has 2 aromatic carbocycles. The summed E-state index contributed by atoms with van der Waals surface area (Å²) in [5, 5.41) is 0. The predicted octanol–water partition coefficient (Wildman–Crippen LogP) is 12.1.